The Morgan fingerprint density at radius 2 is 1.30 bits per heavy atom. The lowest BCUT2D eigenvalue weighted by atomic mass is 9.88. The summed E-state index contributed by atoms with van der Waals surface area (Å²) in [6, 6.07) is 22.6. The number of benzene rings is 3. The first-order valence-corrected chi connectivity index (χ1v) is 7.91. The summed E-state index contributed by atoms with van der Waals surface area (Å²) in [6.07, 6.45) is 0. The van der Waals surface area contributed by atoms with Crippen LogP contribution in [-0.4, -0.2) is 0 Å². The van der Waals surface area contributed by atoms with E-state index in [0.717, 1.165) is 16.9 Å². The van der Waals surface area contributed by atoms with E-state index < -0.39 is 0 Å². The molecule has 3 aromatic carbocycles. The molecule has 0 spiro atoms. The van der Waals surface area contributed by atoms with E-state index in [4.69, 9.17) is 11.5 Å². The number of rotatable bonds is 3. The first kappa shape index (κ1) is 15.2. The molecule has 0 unspecified atom stereocenters. The third kappa shape index (κ3) is 3.07. The van der Waals surface area contributed by atoms with Gasteiger partial charge in [0.2, 0.25) is 0 Å². The fourth-order valence-electron chi connectivity index (χ4n) is 2.94. The molecule has 3 rings (SSSR count). The van der Waals surface area contributed by atoms with E-state index >= 15 is 0 Å². The number of anilines is 2. The molecule has 0 heterocycles. The van der Waals surface area contributed by atoms with Gasteiger partial charge in [-0.05, 0) is 58.0 Å². The monoisotopic (exact) mass is 302 g/mol. The molecule has 0 saturated heterocycles. The Labute approximate surface area is 137 Å². The Balaban J connectivity index is 2.24. The zero-order chi connectivity index (χ0) is 16.4. The fraction of sp³-hybridized carbons (Fsp3) is 0.143. The molecular formula is C21H22N2. The molecule has 0 aromatic heterocycles. The topological polar surface area (TPSA) is 52.0 Å². The van der Waals surface area contributed by atoms with E-state index in [1.807, 2.05) is 18.2 Å². The molecule has 0 amide bonds. The van der Waals surface area contributed by atoms with Crippen LogP contribution in [0.4, 0.5) is 11.4 Å². The van der Waals surface area contributed by atoms with Gasteiger partial charge in [0.15, 0.2) is 0 Å². The van der Waals surface area contributed by atoms with Crippen molar-refractivity contribution in [1.29, 1.82) is 0 Å². The van der Waals surface area contributed by atoms with Gasteiger partial charge in [-0.3, -0.25) is 0 Å². The molecule has 4 N–H and O–H groups in total. The van der Waals surface area contributed by atoms with Crippen LogP contribution in [0.5, 0.6) is 0 Å². The molecule has 0 radical (unpaired) electrons. The lowest BCUT2D eigenvalue weighted by Gasteiger charge is -2.17. The van der Waals surface area contributed by atoms with Crippen molar-refractivity contribution in [3.05, 3.63) is 72.3 Å². The fourth-order valence-corrected chi connectivity index (χ4v) is 2.94. The van der Waals surface area contributed by atoms with Crippen molar-refractivity contribution in [2.45, 2.75) is 19.8 Å². The SMILES string of the molecule is CC(C)c1ccccc1-c1cc(N)ccc1-c1ccc(N)cc1. The molecule has 0 bridgehead atoms. The predicted octanol–water partition coefficient (Wildman–Crippen LogP) is 5.31. The van der Waals surface area contributed by atoms with Crippen molar-refractivity contribution < 1.29 is 0 Å². The maximum atomic E-state index is 6.07. The molecule has 3 aromatic rings. The van der Waals surface area contributed by atoms with Crippen molar-refractivity contribution in [3.63, 3.8) is 0 Å². The van der Waals surface area contributed by atoms with Crippen molar-refractivity contribution >= 4 is 11.4 Å². The average molecular weight is 302 g/mol. The van der Waals surface area contributed by atoms with E-state index in [0.29, 0.717) is 5.92 Å². The number of hydrogen-bond donors (Lipinski definition) is 2. The molecule has 0 aliphatic carbocycles. The molecule has 0 atom stereocenters. The molecule has 0 aliphatic rings. The first-order valence-electron chi connectivity index (χ1n) is 7.91. The largest absolute Gasteiger partial charge is 0.399 e. The number of hydrogen-bond acceptors (Lipinski definition) is 2. The highest BCUT2D eigenvalue weighted by atomic mass is 14.5. The van der Waals surface area contributed by atoms with Gasteiger partial charge in [0.1, 0.15) is 0 Å². The third-order valence-electron chi connectivity index (χ3n) is 4.14. The van der Waals surface area contributed by atoms with Crippen LogP contribution in [0.25, 0.3) is 22.3 Å². The van der Waals surface area contributed by atoms with E-state index in [1.54, 1.807) is 0 Å². The van der Waals surface area contributed by atoms with Crippen LogP contribution in [-0.2, 0) is 0 Å². The predicted molar refractivity (Wildman–Crippen MR) is 100 cm³/mol. The smallest absolute Gasteiger partial charge is 0.0320 e. The van der Waals surface area contributed by atoms with Crippen molar-refractivity contribution in [2.75, 3.05) is 11.5 Å². The minimum atomic E-state index is 0.451. The molecule has 0 aliphatic heterocycles. The summed E-state index contributed by atoms with van der Waals surface area (Å²) in [6.45, 7) is 4.43. The Bertz CT molecular complexity index is 818. The average Bonchev–Trinajstić information content (AvgIpc) is 2.56. The summed E-state index contributed by atoms with van der Waals surface area (Å²) < 4.78 is 0. The second-order valence-corrected chi connectivity index (χ2v) is 6.17. The van der Waals surface area contributed by atoms with Crippen LogP contribution >= 0.6 is 0 Å². The Morgan fingerprint density at radius 1 is 0.652 bits per heavy atom. The Morgan fingerprint density at radius 3 is 2.00 bits per heavy atom. The Kier molecular flexibility index (Phi) is 4.07. The van der Waals surface area contributed by atoms with Gasteiger partial charge in [-0.25, -0.2) is 0 Å². The van der Waals surface area contributed by atoms with Crippen molar-refractivity contribution in [2.24, 2.45) is 0 Å². The van der Waals surface area contributed by atoms with Gasteiger partial charge >= 0.3 is 0 Å². The molecule has 2 nitrogen and oxygen atoms in total. The summed E-state index contributed by atoms with van der Waals surface area (Å²) in [7, 11) is 0. The summed E-state index contributed by atoms with van der Waals surface area (Å²) >= 11 is 0. The maximum absolute atomic E-state index is 6.07. The highest BCUT2D eigenvalue weighted by Crippen LogP contribution is 2.37. The van der Waals surface area contributed by atoms with Gasteiger partial charge in [0.05, 0.1) is 0 Å². The lowest BCUT2D eigenvalue weighted by molar-refractivity contribution is 0.869. The maximum Gasteiger partial charge on any atom is 0.0320 e. The summed E-state index contributed by atoms with van der Waals surface area (Å²) in [4.78, 5) is 0. The minimum Gasteiger partial charge on any atom is -0.399 e. The van der Waals surface area contributed by atoms with Crippen LogP contribution in [0, 0.1) is 0 Å². The van der Waals surface area contributed by atoms with E-state index in [2.05, 4.69) is 62.4 Å². The van der Waals surface area contributed by atoms with E-state index in [1.165, 1.54) is 22.3 Å². The van der Waals surface area contributed by atoms with E-state index in [9.17, 15) is 0 Å². The third-order valence-corrected chi connectivity index (χ3v) is 4.14. The molecule has 2 heteroatoms. The first-order chi connectivity index (χ1) is 11.1. The van der Waals surface area contributed by atoms with Crippen LogP contribution in [0.1, 0.15) is 25.3 Å². The minimum absolute atomic E-state index is 0.451. The van der Waals surface area contributed by atoms with Gasteiger partial charge in [-0.1, -0.05) is 56.3 Å². The highest BCUT2D eigenvalue weighted by Gasteiger charge is 2.13. The molecule has 23 heavy (non-hydrogen) atoms. The normalized spacial score (nSPS) is 10.9. The second kappa shape index (κ2) is 6.17. The highest BCUT2D eigenvalue weighted by molar-refractivity contribution is 5.87. The zero-order valence-electron chi connectivity index (χ0n) is 13.6. The molecule has 0 fully saturated rings. The molecule has 0 saturated carbocycles. The number of nitrogens with two attached hydrogens (primary N) is 2. The van der Waals surface area contributed by atoms with Crippen LogP contribution in [0.15, 0.2) is 66.7 Å². The van der Waals surface area contributed by atoms with Crippen LogP contribution < -0.4 is 11.5 Å². The van der Waals surface area contributed by atoms with Gasteiger partial charge in [0, 0.05) is 11.4 Å². The molecule has 116 valence electrons. The Hall–Kier alpha value is -2.74. The zero-order valence-corrected chi connectivity index (χ0v) is 13.6. The van der Waals surface area contributed by atoms with Gasteiger partial charge in [-0.15, -0.1) is 0 Å². The van der Waals surface area contributed by atoms with Crippen molar-refractivity contribution in [1.82, 2.24) is 0 Å². The molecular weight excluding hydrogens is 280 g/mol. The summed E-state index contributed by atoms with van der Waals surface area (Å²) in [5.74, 6) is 0.451. The van der Waals surface area contributed by atoms with Crippen LogP contribution in [0.2, 0.25) is 0 Å². The summed E-state index contributed by atoms with van der Waals surface area (Å²) in [5, 5.41) is 0. The van der Waals surface area contributed by atoms with Gasteiger partial charge in [0.25, 0.3) is 0 Å². The van der Waals surface area contributed by atoms with Crippen LogP contribution in [0.3, 0.4) is 0 Å². The van der Waals surface area contributed by atoms with E-state index in [-0.39, 0.29) is 0 Å². The lowest BCUT2D eigenvalue weighted by Crippen LogP contribution is -1.95. The standard InChI is InChI=1S/C21H22N2/c1-14(2)18-5-3-4-6-20(18)21-13-17(23)11-12-19(21)15-7-9-16(22)10-8-15/h3-14H,22-23H2,1-2H3. The van der Waals surface area contributed by atoms with Crippen molar-refractivity contribution in [3.8, 4) is 22.3 Å². The second-order valence-electron chi connectivity index (χ2n) is 6.17. The quantitative estimate of drug-likeness (QED) is 0.644. The van der Waals surface area contributed by atoms with Gasteiger partial charge in [-0.2, -0.15) is 0 Å². The van der Waals surface area contributed by atoms with Gasteiger partial charge < -0.3 is 11.5 Å². The number of nitrogen functional groups attached to an aromatic ring is 2. The summed E-state index contributed by atoms with van der Waals surface area (Å²) in [5.41, 5.74) is 19.5.